The molecule has 0 fully saturated rings. The fourth-order valence-corrected chi connectivity index (χ4v) is 4.77. The van der Waals surface area contributed by atoms with Gasteiger partial charge in [0.15, 0.2) is 5.76 Å². The Labute approximate surface area is 226 Å². The maximum atomic E-state index is 12.8. The Kier molecular flexibility index (Phi) is 6.29. The molecule has 2 aromatic carbocycles. The third-order valence-electron chi connectivity index (χ3n) is 6.06. The Morgan fingerprint density at radius 3 is 2.72 bits per heavy atom. The van der Waals surface area contributed by atoms with Crippen molar-refractivity contribution in [1.29, 1.82) is 0 Å². The first-order chi connectivity index (χ1) is 19.0. The Bertz CT molecular complexity index is 1760. The lowest BCUT2D eigenvalue weighted by atomic mass is 10.2. The average molecular weight is 543 g/mol. The van der Waals surface area contributed by atoms with Gasteiger partial charge >= 0.3 is 0 Å². The molecule has 39 heavy (non-hydrogen) atoms. The van der Waals surface area contributed by atoms with E-state index >= 15 is 0 Å². The van der Waals surface area contributed by atoms with Crippen LogP contribution in [-0.2, 0) is 6.61 Å². The normalized spacial score (nSPS) is 11.2. The Morgan fingerprint density at radius 2 is 1.95 bits per heavy atom. The smallest absolute Gasteiger partial charge is 0.294 e. The van der Waals surface area contributed by atoms with Crippen LogP contribution in [0.5, 0.6) is 16.7 Å². The van der Waals surface area contributed by atoms with Crippen LogP contribution in [-0.4, -0.2) is 51.7 Å². The van der Waals surface area contributed by atoms with Gasteiger partial charge in [0.05, 0.1) is 31.4 Å². The lowest BCUT2D eigenvalue weighted by molar-refractivity contribution is 0.0992. The molecule has 11 nitrogen and oxygen atoms in total. The van der Waals surface area contributed by atoms with Crippen molar-refractivity contribution in [3.63, 3.8) is 0 Å². The van der Waals surface area contributed by atoms with Crippen LogP contribution < -0.4 is 19.1 Å². The molecule has 0 N–H and O–H groups in total. The van der Waals surface area contributed by atoms with Gasteiger partial charge in [0.2, 0.25) is 4.96 Å². The number of hydrogen-bond donors (Lipinski definition) is 0. The molecule has 0 aliphatic rings. The van der Waals surface area contributed by atoms with Gasteiger partial charge in [-0.25, -0.2) is 19.5 Å². The van der Waals surface area contributed by atoms with E-state index in [1.165, 1.54) is 30.1 Å². The Morgan fingerprint density at radius 1 is 1.10 bits per heavy atom. The van der Waals surface area contributed by atoms with Gasteiger partial charge < -0.3 is 23.5 Å². The molecule has 0 bridgehead atoms. The fourth-order valence-electron chi connectivity index (χ4n) is 4.07. The van der Waals surface area contributed by atoms with E-state index in [2.05, 4.69) is 20.1 Å². The van der Waals surface area contributed by atoms with Crippen molar-refractivity contribution in [3.8, 4) is 28.1 Å². The quantitative estimate of drug-likeness (QED) is 0.266. The first-order valence-electron chi connectivity index (χ1n) is 11.8. The summed E-state index contributed by atoms with van der Waals surface area (Å²) in [6.45, 7) is 0.261. The molecule has 0 saturated carbocycles. The molecule has 0 radical (unpaired) electrons. The zero-order chi connectivity index (χ0) is 26.9. The SMILES string of the molecule is COc1cc(OCc2cccc(N(C)C(=O)c3cncnc3)c2)c2cc(-c3cn4nc(OC)sc4n3)oc2c1. The highest BCUT2D eigenvalue weighted by Gasteiger charge is 2.18. The number of imidazole rings is 1. The molecule has 1 amide bonds. The van der Waals surface area contributed by atoms with E-state index in [1.54, 1.807) is 42.9 Å². The molecule has 4 heterocycles. The van der Waals surface area contributed by atoms with Crippen LogP contribution in [0.25, 0.3) is 27.4 Å². The van der Waals surface area contributed by atoms with Crippen LogP contribution >= 0.6 is 11.3 Å². The number of aromatic nitrogens is 5. The molecule has 4 aromatic heterocycles. The summed E-state index contributed by atoms with van der Waals surface area (Å²) in [6, 6.07) is 13.1. The number of benzene rings is 2. The molecule has 0 atom stereocenters. The summed E-state index contributed by atoms with van der Waals surface area (Å²) in [5.41, 5.74) is 3.25. The van der Waals surface area contributed by atoms with Gasteiger partial charge in [0.1, 0.15) is 35.7 Å². The minimum Gasteiger partial charge on any atom is -0.496 e. The monoisotopic (exact) mass is 542 g/mol. The van der Waals surface area contributed by atoms with E-state index in [4.69, 9.17) is 18.6 Å². The molecule has 196 valence electrons. The van der Waals surface area contributed by atoms with Crippen molar-refractivity contribution >= 4 is 38.9 Å². The zero-order valence-electron chi connectivity index (χ0n) is 21.2. The highest BCUT2D eigenvalue weighted by atomic mass is 32.1. The van der Waals surface area contributed by atoms with Gasteiger partial charge in [-0.15, -0.1) is 5.10 Å². The topological polar surface area (TPSA) is 117 Å². The molecular weight excluding hydrogens is 520 g/mol. The number of nitrogens with zero attached hydrogens (tertiary/aromatic N) is 6. The number of rotatable bonds is 8. The van der Waals surface area contributed by atoms with Gasteiger partial charge in [0.25, 0.3) is 11.1 Å². The predicted octanol–water partition coefficient (Wildman–Crippen LogP) is 4.87. The molecular formula is C27H22N6O5S. The summed E-state index contributed by atoms with van der Waals surface area (Å²) in [4.78, 5) is 27.5. The molecule has 0 unspecified atom stereocenters. The first-order valence-corrected chi connectivity index (χ1v) is 12.6. The van der Waals surface area contributed by atoms with Gasteiger partial charge in [-0.3, -0.25) is 4.79 Å². The van der Waals surface area contributed by atoms with Gasteiger partial charge in [-0.05, 0) is 35.1 Å². The summed E-state index contributed by atoms with van der Waals surface area (Å²) in [7, 11) is 4.87. The maximum absolute atomic E-state index is 12.8. The minimum absolute atomic E-state index is 0.207. The van der Waals surface area contributed by atoms with E-state index in [0.29, 0.717) is 44.3 Å². The standard InChI is InChI=1S/C27H22N6O5S/c1-32(25(34)17-11-28-15-29-12-17)18-6-4-5-16(7-18)14-37-22-8-19(35-2)9-23-20(22)10-24(38-23)21-13-33-26(30-21)39-27(31-33)36-3/h4-13,15H,14H2,1-3H3. The largest absolute Gasteiger partial charge is 0.496 e. The molecule has 0 aliphatic carbocycles. The number of amides is 1. The number of carbonyl (C=O) groups excluding carboxylic acids is 1. The molecule has 0 saturated heterocycles. The van der Waals surface area contributed by atoms with E-state index in [0.717, 1.165) is 16.6 Å². The van der Waals surface area contributed by atoms with Crippen molar-refractivity contribution < 1.29 is 23.4 Å². The number of anilines is 1. The van der Waals surface area contributed by atoms with Crippen LogP contribution in [0, 0.1) is 0 Å². The van der Waals surface area contributed by atoms with Gasteiger partial charge in [-0.2, -0.15) is 0 Å². The number of methoxy groups -OCH3 is 2. The maximum Gasteiger partial charge on any atom is 0.294 e. The lowest BCUT2D eigenvalue weighted by Crippen LogP contribution is -2.26. The second-order valence-corrected chi connectivity index (χ2v) is 9.44. The average Bonchev–Trinajstić information content (AvgIpc) is 3.69. The summed E-state index contributed by atoms with van der Waals surface area (Å²) >= 11 is 1.34. The number of ether oxygens (including phenoxy) is 3. The van der Waals surface area contributed by atoms with Crippen LogP contribution in [0.2, 0.25) is 0 Å². The number of carbonyl (C=O) groups is 1. The van der Waals surface area contributed by atoms with Crippen molar-refractivity contribution in [2.45, 2.75) is 6.61 Å². The van der Waals surface area contributed by atoms with E-state index < -0.39 is 0 Å². The van der Waals surface area contributed by atoms with Crippen LogP contribution in [0.1, 0.15) is 15.9 Å². The van der Waals surface area contributed by atoms with Crippen molar-refractivity contribution in [2.24, 2.45) is 0 Å². The van der Waals surface area contributed by atoms with E-state index in [9.17, 15) is 4.79 Å². The van der Waals surface area contributed by atoms with E-state index in [1.807, 2.05) is 36.4 Å². The highest BCUT2D eigenvalue weighted by Crippen LogP contribution is 2.37. The molecule has 12 heteroatoms. The van der Waals surface area contributed by atoms with Gasteiger partial charge in [0, 0.05) is 37.3 Å². The van der Waals surface area contributed by atoms with Gasteiger partial charge in [-0.1, -0.05) is 12.1 Å². The summed E-state index contributed by atoms with van der Waals surface area (Å²) in [5, 5.41) is 5.63. The third-order valence-corrected chi connectivity index (χ3v) is 6.95. The van der Waals surface area contributed by atoms with Crippen molar-refractivity contribution in [2.75, 3.05) is 26.2 Å². The van der Waals surface area contributed by atoms with Crippen LogP contribution in [0.15, 0.2) is 71.8 Å². The second-order valence-electron chi connectivity index (χ2n) is 8.52. The summed E-state index contributed by atoms with van der Waals surface area (Å²) < 4.78 is 24.7. The predicted molar refractivity (Wildman–Crippen MR) is 145 cm³/mol. The zero-order valence-corrected chi connectivity index (χ0v) is 22.0. The highest BCUT2D eigenvalue weighted by molar-refractivity contribution is 7.18. The number of hydrogen-bond acceptors (Lipinski definition) is 10. The molecule has 0 aliphatic heterocycles. The number of fused-ring (bicyclic) bond motifs is 2. The first kappa shape index (κ1) is 24.4. The van der Waals surface area contributed by atoms with Crippen LogP contribution in [0.4, 0.5) is 5.69 Å². The Hall–Kier alpha value is -4.97. The summed E-state index contributed by atoms with van der Waals surface area (Å²) in [5.74, 6) is 1.56. The van der Waals surface area contributed by atoms with E-state index in [-0.39, 0.29) is 12.5 Å². The lowest BCUT2D eigenvalue weighted by Gasteiger charge is -2.18. The number of furan rings is 1. The molecule has 0 spiro atoms. The molecule has 6 rings (SSSR count). The second kappa shape index (κ2) is 10.1. The minimum atomic E-state index is -0.207. The molecule has 6 aromatic rings. The van der Waals surface area contributed by atoms with Crippen LogP contribution in [0.3, 0.4) is 0 Å². The third kappa shape index (κ3) is 4.73. The van der Waals surface area contributed by atoms with Crippen molar-refractivity contribution in [3.05, 3.63) is 78.5 Å². The van der Waals surface area contributed by atoms with Crippen molar-refractivity contribution in [1.82, 2.24) is 24.6 Å². The fraction of sp³-hybridized carbons (Fsp3) is 0.148. The summed E-state index contributed by atoms with van der Waals surface area (Å²) in [6.07, 6.45) is 6.16. The Balaban J connectivity index is 1.26.